The predicted octanol–water partition coefficient (Wildman–Crippen LogP) is 5.26. The van der Waals surface area contributed by atoms with Crippen molar-refractivity contribution in [3.8, 4) is 17.5 Å². The van der Waals surface area contributed by atoms with Gasteiger partial charge in [0.25, 0.3) is 5.91 Å². The molecule has 0 atom stereocenters. The highest BCUT2D eigenvalue weighted by Gasteiger charge is 2.40. The van der Waals surface area contributed by atoms with Crippen molar-refractivity contribution < 1.29 is 35.9 Å². The minimum Gasteiger partial charge on any atom is -0.483 e. The van der Waals surface area contributed by atoms with Crippen LogP contribution in [0.3, 0.4) is 0 Å². The van der Waals surface area contributed by atoms with Gasteiger partial charge in [0.2, 0.25) is 0 Å². The van der Waals surface area contributed by atoms with Crippen molar-refractivity contribution in [2.75, 3.05) is 11.9 Å². The number of benzene rings is 2. The number of halogens is 6. The zero-order chi connectivity index (χ0) is 24.4. The summed E-state index contributed by atoms with van der Waals surface area (Å²) in [6.45, 7) is 0.117. The van der Waals surface area contributed by atoms with Crippen LogP contribution in [-0.2, 0) is 6.18 Å². The predicted molar refractivity (Wildman–Crippen MR) is 104 cm³/mol. The maximum absolute atomic E-state index is 13.8. The Morgan fingerprint density at radius 2 is 1.79 bits per heavy atom. The van der Waals surface area contributed by atoms with E-state index in [9.17, 15) is 31.1 Å². The fourth-order valence-corrected chi connectivity index (χ4v) is 2.85. The van der Waals surface area contributed by atoms with Crippen molar-refractivity contribution >= 4 is 11.6 Å². The average molecular weight is 468 g/mol. The summed E-state index contributed by atoms with van der Waals surface area (Å²) in [6.07, 6.45) is -8.81. The summed E-state index contributed by atoms with van der Waals surface area (Å²) < 4.78 is 83.4. The van der Waals surface area contributed by atoms with E-state index in [0.717, 1.165) is 30.0 Å². The molecule has 3 aromatic rings. The van der Waals surface area contributed by atoms with Crippen molar-refractivity contribution in [2.45, 2.75) is 19.3 Å². The molecule has 1 amide bonds. The smallest absolute Gasteiger partial charge is 0.434 e. The number of nitrogens with zero attached hydrogens (tertiary/aromatic N) is 3. The van der Waals surface area contributed by atoms with Crippen LogP contribution in [0.25, 0.3) is 5.69 Å². The van der Waals surface area contributed by atoms with Crippen LogP contribution in [0.2, 0.25) is 0 Å². The maximum Gasteiger partial charge on any atom is 0.434 e. The Balaban J connectivity index is 1.90. The van der Waals surface area contributed by atoms with Gasteiger partial charge in [-0.1, -0.05) is 17.7 Å². The van der Waals surface area contributed by atoms with E-state index in [4.69, 9.17) is 5.26 Å². The van der Waals surface area contributed by atoms with E-state index in [1.807, 2.05) is 0 Å². The number of nitrogens with one attached hydrogen (secondary N) is 1. The second-order valence-electron chi connectivity index (χ2n) is 6.83. The lowest BCUT2D eigenvalue weighted by atomic mass is 10.1. The second-order valence-corrected chi connectivity index (χ2v) is 6.83. The van der Waals surface area contributed by atoms with Crippen LogP contribution in [0.4, 0.5) is 32.0 Å². The zero-order valence-electron chi connectivity index (χ0n) is 16.8. The van der Waals surface area contributed by atoms with Gasteiger partial charge in [-0.15, -0.1) is 0 Å². The molecule has 1 aromatic heterocycles. The van der Waals surface area contributed by atoms with Crippen LogP contribution in [0.1, 0.15) is 27.2 Å². The lowest BCUT2D eigenvalue weighted by Crippen LogP contribution is -2.21. The Hall–Kier alpha value is -4.01. The van der Waals surface area contributed by atoms with E-state index in [1.165, 1.54) is 12.1 Å². The Kier molecular flexibility index (Phi) is 6.34. The third kappa shape index (κ3) is 5.62. The number of carbonyl (C=O) groups excluding carboxylic acids is 1. The molecule has 1 heterocycles. The van der Waals surface area contributed by atoms with Crippen molar-refractivity contribution in [1.29, 1.82) is 5.26 Å². The minimum absolute atomic E-state index is 0.0879. The molecular weight excluding hydrogens is 454 g/mol. The van der Waals surface area contributed by atoms with Crippen LogP contribution in [-0.4, -0.2) is 28.5 Å². The van der Waals surface area contributed by atoms with Gasteiger partial charge in [-0.2, -0.15) is 36.7 Å². The van der Waals surface area contributed by atoms with E-state index in [2.05, 4.69) is 15.2 Å². The fraction of sp³-hybridized carbons (Fsp3) is 0.190. The SMILES string of the molecule is Cc1ccc(-n2ncc(C(=O)Nc3ccc(OCC(F)(F)F)c(C#N)c3)c2C(F)(F)F)cc1. The number of rotatable bonds is 5. The van der Waals surface area contributed by atoms with Gasteiger partial charge in [0.15, 0.2) is 12.3 Å². The van der Waals surface area contributed by atoms with Gasteiger partial charge >= 0.3 is 12.4 Å². The van der Waals surface area contributed by atoms with Crippen molar-refractivity contribution in [3.05, 3.63) is 71.0 Å². The molecular formula is C21H14F6N4O2. The van der Waals surface area contributed by atoms with Gasteiger partial charge in [0.1, 0.15) is 11.8 Å². The summed E-state index contributed by atoms with van der Waals surface area (Å²) in [4.78, 5) is 12.6. The molecule has 0 bridgehead atoms. The number of ether oxygens (including phenoxy) is 1. The lowest BCUT2D eigenvalue weighted by Gasteiger charge is -2.14. The summed E-state index contributed by atoms with van der Waals surface area (Å²) in [5, 5.41) is 15.0. The Morgan fingerprint density at radius 3 is 2.36 bits per heavy atom. The highest BCUT2D eigenvalue weighted by atomic mass is 19.4. The van der Waals surface area contributed by atoms with Crippen LogP contribution in [0.5, 0.6) is 5.75 Å². The van der Waals surface area contributed by atoms with Crippen LogP contribution in [0, 0.1) is 18.3 Å². The molecule has 0 saturated heterocycles. The number of aryl methyl sites for hydroxylation is 1. The van der Waals surface area contributed by atoms with Crippen LogP contribution in [0.15, 0.2) is 48.7 Å². The molecule has 0 fully saturated rings. The first kappa shape index (κ1) is 23.6. The summed E-state index contributed by atoms with van der Waals surface area (Å²) in [6, 6.07) is 10.7. The highest BCUT2D eigenvalue weighted by molar-refractivity contribution is 6.05. The third-order valence-electron chi connectivity index (χ3n) is 4.31. The molecule has 0 unspecified atom stereocenters. The van der Waals surface area contributed by atoms with E-state index < -0.39 is 41.9 Å². The largest absolute Gasteiger partial charge is 0.483 e. The second kappa shape index (κ2) is 8.85. The minimum atomic E-state index is -4.93. The summed E-state index contributed by atoms with van der Waals surface area (Å²) in [7, 11) is 0. The maximum atomic E-state index is 13.8. The van der Waals surface area contributed by atoms with Crippen molar-refractivity contribution in [1.82, 2.24) is 9.78 Å². The number of amides is 1. The number of nitriles is 1. The zero-order valence-corrected chi connectivity index (χ0v) is 16.8. The average Bonchev–Trinajstić information content (AvgIpc) is 3.18. The van der Waals surface area contributed by atoms with E-state index in [-0.39, 0.29) is 16.9 Å². The Labute approximate surface area is 183 Å². The normalized spacial score (nSPS) is 11.7. The Morgan fingerprint density at radius 1 is 1.12 bits per heavy atom. The number of aromatic nitrogens is 2. The van der Waals surface area contributed by atoms with E-state index in [0.29, 0.717) is 4.68 Å². The summed E-state index contributed by atoms with van der Waals surface area (Å²) in [5.41, 5.74) is -1.65. The molecule has 3 rings (SSSR count). The monoisotopic (exact) mass is 468 g/mol. The molecule has 0 radical (unpaired) electrons. The summed E-state index contributed by atoms with van der Waals surface area (Å²) in [5.74, 6) is -1.57. The number of hydrogen-bond acceptors (Lipinski definition) is 4. The van der Waals surface area contributed by atoms with Crippen LogP contribution < -0.4 is 10.1 Å². The molecule has 0 aliphatic heterocycles. The molecule has 12 heteroatoms. The first-order valence-electron chi connectivity index (χ1n) is 9.16. The highest BCUT2D eigenvalue weighted by Crippen LogP contribution is 2.34. The standard InChI is InChI=1S/C21H14F6N4O2/c1-12-2-5-15(6-3-12)31-18(21(25,26)27)16(10-29-31)19(32)30-14-4-7-17(13(8-14)9-28)33-11-20(22,23)24/h2-8,10H,11H2,1H3,(H,30,32). The number of alkyl halides is 6. The molecule has 172 valence electrons. The van der Waals surface area contributed by atoms with Gasteiger partial charge in [0.05, 0.1) is 23.0 Å². The molecule has 0 spiro atoms. The fourth-order valence-electron chi connectivity index (χ4n) is 2.85. The van der Waals surface area contributed by atoms with Crippen molar-refractivity contribution in [2.24, 2.45) is 0 Å². The third-order valence-corrected chi connectivity index (χ3v) is 4.31. The lowest BCUT2D eigenvalue weighted by molar-refractivity contribution is -0.153. The van der Waals surface area contributed by atoms with Crippen LogP contribution >= 0.6 is 0 Å². The Bertz CT molecular complexity index is 1210. The van der Waals surface area contributed by atoms with Gasteiger partial charge < -0.3 is 10.1 Å². The molecule has 0 aliphatic carbocycles. The van der Waals surface area contributed by atoms with Gasteiger partial charge in [-0.3, -0.25) is 4.79 Å². The quantitative estimate of drug-likeness (QED) is 0.518. The van der Waals surface area contributed by atoms with E-state index in [1.54, 1.807) is 25.1 Å². The molecule has 0 aliphatic rings. The number of hydrogen-bond donors (Lipinski definition) is 1. The van der Waals surface area contributed by atoms with Gasteiger partial charge in [-0.25, -0.2) is 4.68 Å². The first-order chi connectivity index (χ1) is 15.4. The number of anilines is 1. The summed E-state index contributed by atoms with van der Waals surface area (Å²) >= 11 is 0. The van der Waals surface area contributed by atoms with E-state index >= 15 is 0 Å². The first-order valence-corrected chi connectivity index (χ1v) is 9.16. The molecule has 2 aromatic carbocycles. The van der Waals surface area contributed by atoms with Crippen molar-refractivity contribution in [3.63, 3.8) is 0 Å². The van der Waals surface area contributed by atoms with Gasteiger partial charge in [0, 0.05) is 5.69 Å². The van der Waals surface area contributed by atoms with Gasteiger partial charge in [-0.05, 0) is 37.3 Å². The molecule has 6 nitrogen and oxygen atoms in total. The number of carbonyl (C=O) groups is 1. The molecule has 0 saturated carbocycles. The topological polar surface area (TPSA) is 79.9 Å². The molecule has 33 heavy (non-hydrogen) atoms. The molecule has 1 N–H and O–H groups in total.